The zero-order valence-corrected chi connectivity index (χ0v) is 12.5. The van der Waals surface area contributed by atoms with Crippen molar-refractivity contribution in [2.75, 3.05) is 0 Å². The van der Waals surface area contributed by atoms with Crippen LogP contribution in [0.1, 0.15) is 43.1 Å². The van der Waals surface area contributed by atoms with Crippen LogP contribution in [0.2, 0.25) is 0 Å². The first kappa shape index (κ1) is 16.3. The van der Waals surface area contributed by atoms with E-state index in [9.17, 15) is 18.0 Å². The standard InChI is InChI=1S/C16H16F3NO2/c1-4-14(21)10-5-6-13-11(7-10)12(16(17,18)19)8-15(20-13)22-9(2)3/h5-9H,4H2,1-3H3. The van der Waals surface area contributed by atoms with E-state index in [1.807, 2.05) is 0 Å². The van der Waals surface area contributed by atoms with Gasteiger partial charge in [0.15, 0.2) is 5.78 Å². The molecule has 0 saturated heterocycles. The molecule has 1 heterocycles. The minimum absolute atomic E-state index is 0.0793. The van der Waals surface area contributed by atoms with E-state index < -0.39 is 11.7 Å². The summed E-state index contributed by atoms with van der Waals surface area (Å²) in [5, 5.41) is -0.0945. The van der Waals surface area contributed by atoms with E-state index in [1.54, 1.807) is 20.8 Å². The fourth-order valence-electron chi connectivity index (χ4n) is 2.12. The number of nitrogens with zero attached hydrogens (tertiary/aromatic N) is 1. The van der Waals surface area contributed by atoms with E-state index in [2.05, 4.69) is 4.98 Å². The second kappa shape index (κ2) is 5.94. The lowest BCUT2D eigenvalue weighted by molar-refractivity contribution is -0.136. The van der Waals surface area contributed by atoms with E-state index in [0.29, 0.717) is 0 Å². The molecule has 0 spiro atoms. The fraction of sp³-hybridized carbons (Fsp3) is 0.375. The molecule has 0 aliphatic heterocycles. The molecule has 0 atom stereocenters. The van der Waals surface area contributed by atoms with Crippen molar-refractivity contribution in [1.29, 1.82) is 0 Å². The number of Topliss-reactive ketones (excluding diaryl/α,β-unsaturated/α-hetero) is 1. The summed E-state index contributed by atoms with van der Waals surface area (Å²) in [5.74, 6) is -0.290. The molecule has 0 bridgehead atoms. The van der Waals surface area contributed by atoms with Gasteiger partial charge in [-0.2, -0.15) is 13.2 Å². The number of aromatic nitrogens is 1. The summed E-state index contributed by atoms with van der Waals surface area (Å²) in [6, 6.07) is 5.03. The van der Waals surface area contributed by atoms with Gasteiger partial charge in [-0.3, -0.25) is 4.79 Å². The normalized spacial score (nSPS) is 12.0. The van der Waals surface area contributed by atoms with Crippen LogP contribution in [0.3, 0.4) is 0 Å². The number of halogens is 3. The van der Waals surface area contributed by atoms with Gasteiger partial charge in [-0.1, -0.05) is 6.92 Å². The molecule has 1 aromatic heterocycles. The van der Waals surface area contributed by atoms with Crippen LogP contribution in [0.4, 0.5) is 13.2 Å². The number of rotatable bonds is 4. The van der Waals surface area contributed by atoms with Crippen LogP contribution < -0.4 is 4.74 Å². The van der Waals surface area contributed by atoms with Gasteiger partial charge in [0.05, 0.1) is 17.2 Å². The van der Waals surface area contributed by atoms with Gasteiger partial charge in [0, 0.05) is 23.4 Å². The van der Waals surface area contributed by atoms with Crippen LogP contribution in [0.15, 0.2) is 24.3 Å². The number of ether oxygens (including phenoxy) is 1. The third-order valence-electron chi connectivity index (χ3n) is 3.09. The Morgan fingerprint density at radius 1 is 1.27 bits per heavy atom. The molecule has 22 heavy (non-hydrogen) atoms. The highest BCUT2D eigenvalue weighted by atomic mass is 19.4. The SMILES string of the molecule is CCC(=O)c1ccc2nc(OC(C)C)cc(C(F)(F)F)c2c1. The molecule has 0 unspecified atom stereocenters. The molecule has 0 aliphatic carbocycles. The molecule has 6 heteroatoms. The molecule has 0 saturated carbocycles. The first-order chi connectivity index (χ1) is 10.2. The van der Waals surface area contributed by atoms with E-state index >= 15 is 0 Å². The number of carbonyl (C=O) groups excluding carboxylic acids is 1. The number of hydrogen-bond acceptors (Lipinski definition) is 3. The zero-order valence-electron chi connectivity index (χ0n) is 12.5. The lowest BCUT2D eigenvalue weighted by atomic mass is 10.0. The minimum Gasteiger partial charge on any atom is -0.475 e. The maximum absolute atomic E-state index is 13.3. The molecular formula is C16H16F3NO2. The number of fused-ring (bicyclic) bond motifs is 1. The second-order valence-corrected chi connectivity index (χ2v) is 5.18. The summed E-state index contributed by atoms with van der Waals surface area (Å²) in [7, 11) is 0. The van der Waals surface area contributed by atoms with Gasteiger partial charge in [0.25, 0.3) is 0 Å². The Morgan fingerprint density at radius 3 is 2.50 bits per heavy atom. The number of alkyl halides is 3. The Morgan fingerprint density at radius 2 is 1.95 bits per heavy atom. The summed E-state index contributed by atoms with van der Waals surface area (Å²) >= 11 is 0. The van der Waals surface area contributed by atoms with Gasteiger partial charge >= 0.3 is 6.18 Å². The first-order valence-corrected chi connectivity index (χ1v) is 6.94. The highest BCUT2D eigenvalue weighted by Crippen LogP contribution is 2.37. The maximum atomic E-state index is 13.3. The average molecular weight is 311 g/mol. The van der Waals surface area contributed by atoms with Crippen LogP contribution >= 0.6 is 0 Å². The monoisotopic (exact) mass is 311 g/mol. The van der Waals surface area contributed by atoms with Gasteiger partial charge in [0.1, 0.15) is 0 Å². The van der Waals surface area contributed by atoms with Crippen LogP contribution in [0.5, 0.6) is 5.88 Å². The lowest BCUT2D eigenvalue weighted by Gasteiger charge is -2.15. The second-order valence-electron chi connectivity index (χ2n) is 5.18. The molecule has 2 rings (SSSR count). The average Bonchev–Trinajstić information content (AvgIpc) is 2.43. The maximum Gasteiger partial charge on any atom is 0.417 e. The largest absolute Gasteiger partial charge is 0.475 e. The first-order valence-electron chi connectivity index (χ1n) is 6.94. The summed E-state index contributed by atoms with van der Waals surface area (Å²) in [5.41, 5.74) is -0.447. The molecule has 3 nitrogen and oxygen atoms in total. The zero-order chi connectivity index (χ0) is 16.5. The van der Waals surface area contributed by atoms with Crippen LogP contribution in [0.25, 0.3) is 10.9 Å². The van der Waals surface area contributed by atoms with E-state index in [-0.39, 0.29) is 40.7 Å². The molecule has 0 N–H and O–H groups in total. The van der Waals surface area contributed by atoms with Crippen molar-refractivity contribution in [2.24, 2.45) is 0 Å². The van der Waals surface area contributed by atoms with Gasteiger partial charge in [-0.15, -0.1) is 0 Å². The van der Waals surface area contributed by atoms with Crippen molar-refractivity contribution in [3.05, 3.63) is 35.4 Å². The van der Waals surface area contributed by atoms with Crippen molar-refractivity contribution in [3.63, 3.8) is 0 Å². The van der Waals surface area contributed by atoms with Crippen molar-refractivity contribution >= 4 is 16.7 Å². The predicted molar refractivity (Wildman–Crippen MR) is 77.1 cm³/mol. The van der Waals surface area contributed by atoms with Crippen molar-refractivity contribution in [3.8, 4) is 5.88 Å². The van der Waals surface area contributed by atoms with Crippen molar-refractivity contribution in [1.82, 2.24) is 4.98 Å². The topological polar surface area (TPSA) is 39.2 Å². The molecular weight excluding hydrogens is 295 g/mol. The number of carbonyl (C=O) groups is 1. The Bertz CT molecular complexity index is 708. The van der Waals surface area contributed by atoms with Gasteiger partial charge in [-0.05, 0) is 32.0 Å². The molecule has 2 aromatic rings. The van der Waals surface area contributed by atoms with Crippen LogP contribution in [-0.4, -0.2) is 16.9 Å². The van der Waals surface area contributed by atoms with Crippen molar-refractivity contribution in [2.45, 2.75) is 39.5 Å². The number of hydrogen-bond donors (Lipinski definition) is 0. The molecule has 0 radical (unpaired) electrons. The van der Waals surface area contributed by atoms with E-state index in [1.165, 1.54) is 18.2 Å². The Balaban J connectivity index is 2.68. The highest BCUT2D eigenvalue weighted by Gasteiger charge is 2.34. The predicted octanol–water partition coefficient (Wildman–Crippen LogP) is 4.63. The lowest BCUT2D eigenvalue weighted by Crippen LogP contribution is -2.11. The van der Waals surface area contributed by atoms with E-state index in [0.717, 1.165) is 6.07 Å². The number of ketones is 1. The fourth-order valence-corrected chi connectivity index (χ4v) is 2.12. The summed E-state index contributed by atoms with van der Waals surface area (Å²) in [6.07, 6.45) is -4.61. The smallest absolute Gasteiger partial charge is 0.417 e. The Hall–Kier alpha value is -2.11. The quantitative estimate of drug-likeness (QED) is 0.773. The molecule has 0 amide bonds. The molecule has 118 valence electrons. The number of benzene rings is 1. The molecule has 1 aromatic carbocycles. The van der Waals surface area contributed by atoms with Gasteiger partial charge < -0.3 is 4.74 Å². The minimum atomic E-state index is -4.55. The summed E-state index contributed by atoms with van der Waals surface area (Å²) in [6.45, 7) is 5.08. The van der Waals surface area contributed by atoms with Gasteiger partial charge in [-0.25, -0.2) is 4.98 Å². The third kappa shape index (κ3) is 3.37. The van der Waals surface area contributed by atoms with Crippen LogP contribution in [0, 0.1) is 0 Å². The molecule has 0 aliphatic rings. The Kier molecular flexibility index (Phi) is 4.39. The molecule has 0 fully saturated rings. The third-order valence-corrected chi connectivity index (χ3v) is 3.09. The summed E-state index contributed by atoms with van der Waals surface area (Å²) < 4.78 is 45.1. The Labute approximate surface area is 126 Å². The van der Waals surface area contributed by atoms with E-state index in [4.69, 9.17) is 4.74 Å². The summed E-state index contributed by atoms with van der Waals surface area (Å²) in [4.78, 5) is 15.8. The van der Waals surface area contributed by atoms with Crippen LogP contribution in [-0.2, 0) is 6.18 Å². The number of pyridine rings is 1. The van der Waals surface area contributed by atoms with Crippen molar-refractivity contribution < 1.29 is 22.7 Å². The van der Waals surface area contributed by atoms with Gasteiger partial charge in [0.2, 0.25) is 5.88 Å². The highest BCUT2D eigenvalue weighted by molar-refractivity contribution is 6.00.